The van der Waals surface area contributed by atoms with E-state index in [0.717, 1.165) is 43.3 Å². The number of benzene rings is 1. The maximum atomic E-state index is 5.72. The molecule has 0 amide bonds. The van der Waals surface area contributed by atoms with E-state index in [2.05, 4.69) is 48.4 Å². The highest BCUT2D eigenvalue weighted by atomic mass is 16.5. The third-order valence-electron chi connectivity index (χ3n) is 4.48. The van der Waals surface area contributed by atoms with Crippen molar-refractivity contribution in [3.8, 4) is 5.75 Å². The summed E-state index contributed by atoms with van der Waals surface area (Å²) in [7, 11) is 1.99. The summed E-state index contributed by atoms with van der Waals surface area (Å²) in [5.41, 5.74) is 3.63. The average molecular weight is 372 g/mol. The number of nitrogens with zero attached hydrogens (tertiary/aromatic N) is 3. The minimum absolute atomic E-state index is 0.268. The number of hydrogen-bond donors (Lipinski definition) is 2. The normalized spacial score (nSPS) is 12.7. The van der Waals surface area contributed by atoms with Gasteiger partial charge in [0.2, 0.25) is 0 Å². The molecule has 148 valence electrons. The van der Waals surface area contributed by atoms with Crippen molar-refractivity contribution in [2.75, 3.05) is 19.7 Å². The van der Waals surface area contributed by atoms with Crippen molar-refractivity contribution in [2.24, 2.45) is 12.0 Å². The minimum atomic E-state index is 0.268. The molecule has 0 saturated carbocycles. The zero-order valence-corrected chi connectivity index (χ0v) is 17.2. The zero-order chi connectivity index (χ0) is 19.6. The summed E-state index contributed by atoms with van der Waals surface area (Å²) >= 11 is 0. The Kier molecular flexibility index (Phi) is 8.17. The van der Waals surface area contributed by atoms with Crippen LogP contribution >= 0.6 is 0 Å². The van der Waals surface area contributed by atoms with Crippen molar-refractivity contribution in [1.29, 1.82) is 0 Å². The van der Waals surface area contributed by atoms with Gasteiger partial charge in [-0.2, -0.15) is 5.10 Å². The van der Waals surface area contributed by atoms with Gasteiger partial charge in [-0.25, -0.2) is 0 Å². The number of para-hydroxylation sites is 1. The van der Waals surface area contributed by atoms with E-state index in [-0.39, 0.29) is 6.04 Å². The van der Waals surface area contributed by atoms with Crippen LogP contribution in [0.1, 0.15) is 37.2 Å². The molecule has 6 nitrogen and oxygen atoms in total. The Morgan fingerprint density at radius 3 is 2.63 bits per heavy atom. The first-order valence-electron chi connectivity index (χ1n) is 9.73. The standard InChI is InChI=1S/C21H33N5O/c1-6-22-21(23-13-10-14-27-19-11-8-7-9-12-19)24-16(2)15-20-17(3)25-26(5)18(20)4/h7-9,11-12,16H,6,10,13-15H2,1-5H3,(H2,22,23,24). The molecular formula is C21H33N5O. The number of ether oxygens (including phenoxy) is 1. The highest BCUT2D eigenvalue weighted by Gasteiger charge is 2.13. The molecular weight excluding hydrogens is 338 g/mol. The Bertz CT molecular complexity index is 724. The third-order valence-corrected chi connectivity index (χ3v) is 4.48. The van der Waals surface area contributed by atoms with E-state index in [1.807, 2.05) is 42.1 Å². The van der Waals surface area contributed by atoms with Crippen molar-refractivity contribution in [3.63, 3.8) is 0 Å². The maximum absolute atomic E-state index is 5.72. The second-order valence-corrected chi connectivity index (χ2v) is 6.80. The average Bonchev–Trinajstić information content (AvgIpc) is 2.88. The van der Waals surface area contributed by atoms with E-state index >= 15 is 0 Å². The molecule has 27 heavy (non-hydrogen) atoms. The number of nitrogens with one attached hydrogen (secondary N) is 2. The molecule has 0 aliphatic heterocycles. The number of rotatable bonds is 9. The molecule has 0 fully saturated rings. The molecule has 1 unspecified atom stereocenters. The second-order valence-electron chi connectivity index (χ2n) is 6.80. The van der Waals surface area contributed by atoms with Gasteiger partial charge in [0.25, 0.3) is 0 Å². The smallest absolute Gasteiger partial charge is 0.191 e. The number of aromatic nitrogens is 2. The molecule has 6 heteroatoms. The van der Waals surface area contributed by atoms with Crippen LogP contribution in [0.4, 0.5) is 0 Å². The topological polar surface area (TPSA) is 63.5 Å². The summed E-state index contributed by atoms with van der Waals surface area (Å²) in [6.07, 6.45) is 1.80. The fourth-order valence-corrected chi connectivity index (χ4v) is 2.99. The van der Waals surface area contributed by atoms with Gasteiger partial charge in [-0.3, -0.25) is 9.67 Å². The van der Waals surface area contributed by atoms with Gasteiger partial charge in [0, 0.05) is 38.3 Å². The summed E-state index contributed by atoms with van der Waals surface area (Å²) in [5, 5.41) is 11.3. The van der Waals surface area contributed by atoms with Crippen LogP contribution in [0.15, 0.2) is 35.3 Å². The summed E-state index contributed by atoms with van der Waals surface area (Å²) in [4.78, 5) is 4.67. The van der Waals surface area contributed by atoms with Gasteiger partial charge >= 0.3 is 0 Å². The van der Waals surface area contributed by atoms with Gasteiger partial charge in [0.05, 0.1) is 12.3 Å². The van der Waals surface area contributed by atoms with Gasteiger partial charge in [0.15, 0.2) is 5.96 Å². The number of aliphatic imine (C=N–C) groups is 1. The summed E-state index contributed by atoms with van der Waals surface area (Å²) < 4.78 is 7.67. The minimum Gasteiger partial charge on any atom is -0.494 e. The maximum Gasteiger partial charge on any atom is 0.191 e. The van der Waals surface area contributed by atoms with E-state index in [9.17, 15) is 0 Å². The quantitative estimate of drug-likeness (QED) is 0.404. The lowest BCUT2D eigenvalue weighted by Crippen LogP contribution is -2.43. The number of aryl methyl sites for hydroxylation is 2. The molecule has 1 aromatic heterocycles. The van der Waals surface area contributed by atoms with Crippen molar-refractivity contribution in [3.05, 3.63) is 47.3 Å². The largest absolute Gasteiger partial charge is 0.494 e. The third kappa shape index (κ3) is 6.62. The van der Waals surface area contributed by atoms with Crippen LogP contribution in [0, 0.1) is 13.8 Å². The predicted molar refractivity (Wildman–Crippen MR) is 112 cm³/mol. The summed E-state index contributed by atoms with van der Waals surface area (Å²) in [6.45, 7) is 10.7. The Labute approximate surface area is 163 Å². The fraction of sp³-hybridized carbons (Fsp3) is 0.524. The van der Waals surface area contributed by atoms with Gasteiger partial charge in [-0.15, -0.1) is 0 Å². The molecule has 0 spiro atoms. The molecule has 1 heterocycles. The van der Waals surface area contributed by atoms with E-state index in [1.165, 1.54) is 11.3 Å². The van der Waals surface area contributed by atoms with E-state index < -0.39 is 0 Å². The van der Waals surface area contributed by atoms with Crippen molar-refractivity contribution < 1.29 is 4.74 Å². The lowest BCUT2D eigenvalue weighted by Gasteiger charge is -2.18. The Hall–Kier alpha value is -2.50. The number of guanidine groups is 1. The molecule has 1 atom stereocenters. The molecule has 2 N–H and O–H groups in total. The first-order chi connectivity index (χ1) is 13.0. The van der Waals surface area contributed by atoms with Gasteiger partial charge in [-0.05, 0) is 51.8 Å². The van der Waals surface area contributed by atoms with Crippen LogP contribution in [0.3, 0.4) is 0 Å². The molecule has 0 saturated heterocycles. The highest BCUT2D eigenvalue weighted by Crippen LogP contribution is 2.14. The summed E-state index contributed by atoms with van der Waals surface area (Å²) in [5.74, 6) is 1.76. The lowest BCUT2D eigenvalue weighted by molar-refractivity contribution is 0.313. The Morgan fingerprint density at radius 2 is 2.00 bits per heavy atom. The van der Waals surface area contributed by atoms with Crippen molar-refractivity contribution >= 4 is 5.96 Å². The van der Waals surface area contributed by atoms with Crippen molar-refractivity contribution in [1.82, 2.24) is 20.4 Å². The number of hydrogen-bond acceptors (Lipinski definition) is 3. The van der Waals surface area contributed by atoms with Gasteiger partial charge in [0.1, 0.15) is 5.75 Å². The van der Waals surface area contributed by atoms with Crippen LogP contribution in [0.25, 0.3) is 0 Å². The SMILES string of the molecule is CCNC(=NCCCOc1ccccc1)NC(C)Cc1c(C)nn(C)c1C. The first-order valence-corrected chi connectivity index (χ1v) is 9.73. The Balaban J connectivity index is 1.81. The van der Waals surface area contributed by atoms with Crippen LogP contribution in [-0.2, 0) is 13.5 Å². The second kappa shape index (κ2) is 10.6. The zero-order valence-electron chi connectivity index (χ0n) is 17.2. The fourth-order valence-electron chi connectivity index (χ4n) is 2.99. The molecule has 0 aliphatic rings. The van der Waals surface area contributed by atoms with Crippen molar-refractivity contribution in [2.45, 2.75) is 46.6 Å². The molecule has 0 bridgehead atoms. The van der Waals surface area contributed by atoms with Crippen LogP contribution in [-0.4, -0.2) is 41.5 Å². The predicted octanol–water partition coefficient (Wildman–Crippen LogP) is 2.99. The summed E-state index contributed by atoms with van der Waals surface area (Å²) in [6, 6.07) is 10.2. The molecule has 2 aromatic rings. The molecule has 2 rings (SSSR count). The Morgan fingerprint density at radius 1 is 1.26 bits per heavy atom. The van der Waals surface area contributed by atoms with E-state index in [1.54, 1.807) is 0 Å². The van der Waals surface area contributed by atoms with E-state index in [4.69, 9.17) is 4.74 Å². The molecule has 1 aromatic carbocycles. The van der Waals surface area contributed by atoms with Crippen LogP contribution in [0.2, 0.25) is 0 Å². The van der Waals surface area contributed by atoms with Gasteiger partial charge < -0.3 is 15.4 Å². The highest BCUT2D eigenvalue weighted by molar-refractivity contribution is 5.80. The molecule has 0 aliphatic carbocycles. The lowest BCUT2D eigenvalue weighted by atomic mass is 10.1. The van der Waals surface area contributed by atoms with Crippen LogP contribution < -0.4 is 15.4 Å². The molecule has 0 radical (unpaired) electrons. The van der Waals surface area contributed by atoms with Gasteiger partial charge in [-0.1, -0.05) is 18.2 Å². The monoisotopic (exact) mass is 371 g/mol. The first kappa shape index (κ1) is 20.8. The van der Waals surface area contributed by atoms with Crippen LogP contribution in [0.5, 0.6) is 5.75 Å². The van der Waals surface area contributed by atoms with E-state index in [0.29, 0.717) is 6.61 Å².